The molecule has 2 aliphatic rings. The van der Waals surface area contributed by atoms with Crippen LogP contribution >= 0.6 is 22.6 Å². The molecule has 0 saturated heterocycles. The molecule has 5 nitrogen and oxygen atoms in total. The highest BCUT2D eigenvalue weighted by molar-refractivity contribution is 14.1. The molecule has 5 rings (SSSR count). The van der Waals surface area contributed by atoms with Gasteiger partial charge in [0.1, 0.15) is 5.69 Å². The fourth-order valence-corrected chi connectivity index (χ4v) is 5.10. The van der Waals surface area contributed by atoms with Crippen LogP contribution in [0.2, 0.25) is 0 Å². The van der Waals surface area contributed by atoms with E-state index in [0.29, 0.717) is 6.04 Å². The monoisotopic (exact) mass is 459 g/mol. The van der Waals surface area contributed by atoms with Crippen LogP contribution < -0.4 is 0 Å². The maximum atomic E-state index is 5.02. The predicted octanol–water partition coefficient (Wildman–Crippen LogP) is 4.65. The van der Waals surface area contributed by atoms with E-state index >= 15 is 0 Å². The second-order valence-corrected chi connectivity index (χ2v) is 8.40. The minimum Gasteiger partial charge on any atom is -0.305 e. The second kappa shape index (κ2) is 6.48. The molecule has 0 N–H and O–H groups in total. The largest absolute Gasteiger partial charge is 0.305 e. The van der Waals surface area contributed by atoms with E-state index in [2.05, 4.69) is 73.2 Å². The molecule has 0 bridgehead atoms. The van der Waals surface area contributed by atoms with Gasteiger partial charge in [-0.05, 0) is 54.3 Å². The minimum absolute atomic E-state index is 0.521. The van der Waals surface area contributed by atoms with Crippen molar-refractivity contribution in [3.05, 3.63) is 39.1 Å². The molecule has 1 saturated carbocycles. The van der Waals surface area contributed by atoms with Crippen molar-refractivity contribution in [3.8, 4) is 22.9 Å². The van der Waals surface area contributed by atoms with Gasteiger partial charge in [0.05, 0.1) is 11.7 Å². The average Bonchev–Trinajstić information content (AvgIpc) is 3.39. The third kappa shape index (κ3) is 2.45. The molecule has 6 heteroatoms. The Hall–Kier alpha value is -1.70. The van der Waals surface area contributed by atoms with Crippen molar-refractivity contribution >= 4 is 22.6 Å². The first kappa shape index (κ1) is 16.5. The Kier molecular flexibility index (Phi) is 4.10. The van der Waals surface area contributed by atoms with Gasteiger partial charge in [0.15, 0.2) is 11.6 Å². The van der Waals surface area contributed by atoms with Crippen molar-refractivity contribution in [2.24, 2.45) is 0 Å². The highest BCUT2D eigenvalue weighted by Gasteiger charge is 2.32. The summed E-state index contributed by atoms with van der Waals surface area (Å²) in [7, 11) is 0. The molecule has 0 radical (unpaired) electrons. The van der Waals surface area contributed by atoms with Crippen LogP contribution in [0.4, 0.5) is 0 Å². The van der Waals surface area contributed by atoms with Gasteiger partial charge < -0.3 is 4.57 Å². The minimum atomic E-state index is 0.521. The summed E-state index contributed by atoms with van der Waals surface area (Å²) in [6.07, 6.45) is 7.08. The summed E-state index contributed by atoms with van der Waals surface area (Å²) in [5.74, 6) is 1.98. The van der Waals surface area contributed by atoms with Gasteiger partial charge in [-0.1, -0.05) is 38.0 Å². The number of aromatic nitrogens is 5. The van der Waals surface area contributed by atoms with Gasteiger partial charge in [-0.3, -0.25) is 4.68 Å². The first-order valence-electron chi connectivity index (χ1n) is 9.56. The molecule has 1 fully saturated rings. The van der Waals surface area contributed by atoms with Gasteiger partial charge >= 0.3 is 0 Å². The Balaban J connectivity index is 1.68. The summed E-state index contributed by atoms with van der Waals surface area (Å²) >= 11 is 2.39. The van der Waals surface area contributed by atoms with E-state index < -0.39 is 0 Å². The van der Waals surface area contributed by atoms with Crippen molar-refractivity contribution in [2.45, 2.75) is 58.0 Å². The Morgan fingerprint density at radius 2 is 1.88 bits per heavy atom. The van der Waals surface area contributed by atoms with Gasteiger partial charge in [0.2, 0.25) is 0 Å². The number of benzene rings is 1. The zero-order chi connectivity index (χ0) is 17.7. The molecule has 1 aliphatic carbocycles. The molecule has 0 atom stereocenters. The van der Waals surface area contributed by atoms with Crippen LogP contribution in [-0.2, 0) is 19.4 Å². The van der Waals surface area contributed by atoms with Crippen LogP contribution in [0.3, 0.4) is 0 Å². The molecule has 3 aromatic rings. The van der Waals surface area contributed by atoms with E-state index in [0.717, 1.165) is 36.6 Å². The van der Waals surface area contributed by atoms with Crippen LogP contribution in [0.1, 0.15) is 49.9 Å². The SMILES string of the molecule is CCc1nn(C2CCCC2)c2c1CCn1c(-c3ccccc3I)nnc1-2. The van der Waals surface area contributed by atoms with Crippen molar-refractivity contribution in [2.75, 3.05) is 0 Å². The smallest absolute Gasteiger partial charge is 0.182 e. The lowest BCUT2D eigenvalue weighted by atomic mass is 10.0. The first-order valence-corrected chi connectivity index (χ1v) is 10.6. The summed E-state index contributed by atoms with van der Waals surface area (Å²) in [6.45, 7) is 3.14. The Morgan fingerprint density at radius 1 is 1.12 bits per heavy atom. The van der Waals surface area contributed by atoms with Gasteiger partial charge in [-0.2, -0.15) is 5.10 Å². The maximum Gasteiger partial charge on any atom is 0.182 e. The van der Waals surface area contributed by atoms with E-state index in [1.54, 1.807) is 0 Å². The molecule has 134 valence electrons. The summed E-state index contributed by atoms with van der Waals surface area (Å²) in [5, 5.41) is 14.3. The zero-order valence-corrected chi connectivity index (χ0v) is 17.1. The van der Waals surface area contributed by atoms with E-state index in [1.807, 2.05) is 0 Å². The lowest BCUT2D eigenvalue weighted by Crippen LogP contribution is -2.16. The number of aryl methyl sites for hydroxylation is 1. The summed E-state index contributed by atoms with van der Waals surface area (Å²) in [6, 6.07) is 8.93. The van der Waals surface area contributed by atoms with Crippen molar-refractivity contribution in [3.63, 3.8) is 0 Å². The Morgan fingerprint density at radius 3 is 2.65 bits per heavy atom. The van der Waals surface area contributed by atoms with E-state index in [1.165, 1.54) is 46.2 Å². The fraction of sp³-hybridized carbons (Fsp3) is 0.450. The standard InChI is InChI=1S/C20H22IN5/c1-2-17-15-11-12-25-19(14-9-5-6-10-16(14)21)22-23-20(25)18(15)26(24-17)13-7-3-4-8-13/h5-6,9-10,13H,2-4,7-8,11-12H2,1H3. The molecule has 1 aliphatic heterocycles. The van der Waals surface area contributed by atoms with Gasteiger partial charge in [0, 0.05) is 21.2 Å². The number of hydrogen-bond acceptors (Lipinski definition) is 3. The van der Waals surface area contributed by atoms with E-state index in [-0.39, 0.29) is 0 Å². The van der Waals surface area contributed by atoms with Crippen molar-refractivity contribution in [1.82, 2.24) is 24.5 Å². The lowest BCUT2D eigenvalue weighted by molar-refractivity contribution is 0.464. The Labute approximate surface area is 167 Å². The number of hydrogen-bond donors (Lipinski definition) is 0. The topological polar surface area (TPSA) is 48.5 Å². The van der Waals surface area contributed by atoms with E-state index in [9.17, 15) is 0 Å². The zero-order valence-electron chi connectivity index (χ0n) is 15.0. The Bertz CT molecular complexity index is 965. The highest BCUT2D eigenvalue weighted by atomic mass is 127. The molecule has 0 amide bonds. The second-order valence-electron chi connectivity index (χ2n) is 7.24. The first-order chi connectivity index (χ1) is 12.8. The molecule has 1 aromatic carbocycles. The van der Waals surface area contributed by atoms with Crippen LogP contribution in [0.5, 0.6) is 0 Å². The summed E-state index contributed by atoms with van der Waals surface area (Å²) < 4.78 is 5.80. The molecule has 0 unspecified atom stereocenters. The summed E-state index contributed by atoms with van der Waals surface area (Å²) in [5.41, 5.74) is 5.04. The maximum absolute atomic E-state index is 5.02. The van der Waals surface area contributed by atoms with E-state index in [4.69, 9.17) is 5.10 Å². The third-order valence-corrected chi connectivity index (χ3v) is 6.70. The molecule has 3 heterocycles. The number of nitrogens with zero attached hydrogens (tertiary/aromatic N) is 5. The van der Waals surface area contributed by atoms with Crippen LogP contribution in [0.25, 0.3) is 22.9 Å². The van der Waals surface area contributed by atoms with Gasteiger partial charge in [-0.15, -0.1) is 10.2 Å². The quantitative estimate of drug-likeness (QED) is 0.536. The molecular weight excluding hydrogens is 437 g/mol. The molecule has 2 aromatic heterocycles. The molecular formula is C20H22IN5. The molecule has 0 spiro atoms. The normalized spacial score (nSPS) is 16.7. The number of halogens is 1. The third-order valence-electron chi connectivity index (χ3n) is 5.76. The summed E-state index contributed by atoms with van der Waals surface area (Å²) in [4.78, 5) is 0. The van der Waals surface area contributed by atoms with Crippen molar-refractivity contribution < 1.29 is 0 Å². The van der Waals surface area contributed by atoms with Gasteiger partial charge in [0.25, 0.3) is 0 Å². The highest BCUT2D eigenvalue weighted by Crippen LogP contribution is 2.39. The van der Waals surface area contributed by atoms with Crippen LogP contribution in [0, 0.1) is 3.57 Å². The number of fused-ring (bicyclic) bond motifs is 3. The average molecular weight is 459 g/mol. The van der Waals surface area contributed by atoms with Crippen LogP contribution in [0.15, 0.2) is 24.3 Å². The number of rotatable bonds is 3. The van der Waals surface area contributed by atoms with Crippen LogP contribution in [-0.4, -0.2) is 24.5 Å². The van der Waals surface area contributed by atoms with Gasteiger partial charge in [-0.25, -0.2) is 0 Å². The van der Waals surface area contributed by atoms with Crippen molar-refractivity contribution in [1.29, 1.82) is 0 Å². The predicted molar refractivity (Wildman–Crippen MR) is 110 cm³/mol. The molecule has 26 heavy (non-hydrogen) atoms. The lowest BCUT2D eigenvalue weighted by Gasteiger charge is -2.20. The fourth-order valence-electron chi connectivity index (χ4n) is 4.47.